The second-order valence-electron chi connectivity index (χ2n) is 6.14. The highest BCUT2D eigenvalue weighted by Crippen LogP contribution is 2.20. The Hall–Kier alpha value is -3.25. The minimum Gasteiger partial charge on any atom is -0.349 e. The van der Waals surface area contributed by atoms with Gasteiger partial charge in [-0.3, -0.25) is 4.79 Å². The van der Waals surface area contributed by atoms with Crippen LogP contribution < -0.4 is 5.32 Å². The molecule has 0 amide bonds. The van der Waals surface area contributed by atoms with Crippen LogP contribution in [0.1, 0.15) is 20.8 Å². The van der Waals surface area contributed by atoms with Gasteiger partial charge in [-0.05, 0) is 30.5 Å². The molecule has 0 aliphatic heterocycles. The number of nitrogens with one attached hydrogen (secondary N) is 1. The number of nitrogens with zero attached hydrogens (tertiary/aromatic N) is 3. The van der Waals surface area contributed by atoms with Gasteiger partial charge < -0.3 is 5.32 Å². The molecule has 0 radical (unpaired) electrons. The van der Waals surface area contributed by atoms with Crippen LogP contribution in [0.5, 0.6) is 0 Å². The molecule has 1 N–H and O–H groups in total. The first kappa shape index (κ1) is 17.2. The summed E-state index contributed by atoms with van der Waals surface area (Å²) in [5.41, 5.74) is 2.54. The van der Waals surface area contributed by atoms with Crippen LogP contribution in [0.2, 0.25) is 0 Å². The molecular formula is C21H18N4OS. The van der Waals surface area contributed by atoms with Crippen molar-refractivity contribution in [2.75, 3.05) is 5.32 Å². The van der Waals surface area contributed by atoms with Crippen LogP contribution >= 0.6 is 11.3 Å². The fourth-order valence-electron chi connectivity index (χ4n) is 2.68. The maximum Gasteiger partial charge on any atom is 0.281 e. The van der Waals surface area contributed by atoms with E-state index in [9.17, 15) is 4.79 Å². The van der Waals surface area contributed by atoms with E-state index in [1.54, 1.807) is 11.3 Å². The predicted molar refractivity (Wildman–Crippen MR) is 108 cm³/mol. The number of anilines is 1. The zero-order valence-corrected chi connectivity index (χ0v) is 15.6. The molecule has 4 aromatic rings. The molecule has 134 valence electrons. The minimum absolute atomic E-state index is 0.210. The average molecular weight is 374 g/mol. The molecule has 0 aliphatic rings. The van der Waals surface area contributed by atoms with Crippen LogP contribution in [0.15, 0.2) is 72.1 Å². The van der Waals surface area contributed by atoms with Crippen molar-refractivity contribution in [1.29, 1.82) is 0 Å². The van der Waals surface area contributed by atoms with E-state index >= 15 is 0 Å². The van der Waals surface area contributed by atoms with Crippen LogP contribution in [0.25, 0.3) is 11.4 Å². The fraction of sp³-hybridized carbons (Fsp3) is 0.0952. The quantitative estimate of drug-likeness (QED) is 0.554. The van der Waals surface area contributed by atoms with Crippen LogP contribution in [-0.4, -0.2) is 20.7 Å². The lowest BCUT2D eigenvalue weighted by Crippen LogP contribution is -2.17. The van der Waals surface area contributed by atoms with Crippen molar-refractivity contribution in [1.82, 2.24) is 14.8 Å². The molecule has 2 heterocycles. The standard InChI is InChI=1S/C21H18N4OS/c1-15-9-11-17(12-10-15)20(26)25-21(22-14-18-8-5-13-27-18)23-19(24-25)16-6-3-2-4-7-16/h2-13H,14H2,1H3,(H,22,23,24). The molecule has 0 saturated carbocycles. The first-order valence-corrected chi connectivity index (χ1v) is 9.49. The molecule has 0 unspecified atom stereocenters. The molecule has 0 saturated heterocycles. The van der Waals surface area contributed by atoms with Crippen LogP contribution in [0, 0.1) is 6.92 Å². The smallest absolute Gasteiger partial charge is 0.281 e. The molecule has 6 heteroatoms. The summed E-state index contributed by atoms with van der Waals surface area (Å²) in [6.07, 6.45) is 0. The number of carbonyl (C=O) groups is 1. The van der Waals surface area contributed by atoms with E-state index < -0.39 is 0 Å². The molecule has 5 nitrogen and oxygen atoms in total. The second kappa shape index (κ2) is 7.55. The highest BCUT2D eigenvalue weighted by atomic mass is 32.1. The number of thiophene rings is 1. The maximum atomic E-state index is 13.0. The summed E-state index contributed by atoms with van der Waals surface area (Å²) in [5.74, 6) is 0.746. The third-order valence-corrected chi connectivity index (χ3v) is 5.01. The summed E-state index contributed by atoms with van der Waals surface area (Å²) in [4.78, 5) is 18.7. The summed E-state index contributed by atoms with van der Waals surface area (Å²) in [5, 5.41) is 9.75. The highest BCUT2D eigenvalue weighted by Gasteiger charge is 2.18. The predicted octanol–water partition coefficient (Wildman–Crippen LogP) is 4.62. The third kappa shape index (κ3) is 3.80. The molecule has 0 aliphatic carbocycles. The third-order valence-electron chi connectivity index (χ3n) is 4.13. The van der Waals surface area contributed by atoms with Crippen molar-refractivity contribution in [3.05, 3.63) is 88.1 Å². The first-order chi connectivity index (χ1) is 13.2. The van der Waals surface area contributed by atoms with Gasteiger partial charge in [-0.25, -0.2) is 0 Å². The summed E-state index contributed by atoms with van der Waals surface area (Å²) < 4.78 is 1.35. The first-order valence-electron chi connectivity index (χ1n) is 8.61. The van der Waals surface area contributed by atoms with Crippen molar-refractivity contribution in [3.8, 4) is 11.4 Å². The molecule has 2 aromatic heterocycles. The number of hydrogen-bond acceptors (Lipinski definition) is 5. The number of carbonyl (C=O) groups excluding carboxylic acids is 1. The van der Waals surface area contributed by atoms with Crippen molar-refractivity contribution >= 4 is 23.2 Å². The largest absolute Gasteiger partial charge is 0.349 e. The fourth-order valence-corrected chi connectivity index (χ4v) is 3.32. The maximum absolute atomic E-state index is 13.0. The van der Waals surface area contributed by atoms with Gasteiger partial charge in [0.25, 0.3) is 5.91 Å². The van der Waals surface area contributed by atoms with Gasteiger partial charge in [0.05, 0.1) is 6.54 Å². The van der Waals surface area contributed by atoms with Gasteiger partial charge in [-0.2, -0.15) is 9.67 Å². The van der Waals surface area contributed by atoms with E-state index in [1.165, 1.54) is 4.68 Å². The van der Waals surface area contributed by atoms with E-state index in [0.717, 1.165) is 16.0 Å². The lowest BCUT2D eigenvalue weighted by atomic mass is 10.1. The van der Waals surface area contributed by atoms with E-state index in [2.05, 4.69) is 15.4 Å². The monoisotopic (exact) mass is 374 g/mol. The summed E-state index contributed by atoms with van der Waals surface area (Å²) in [6, 6.07) is 21.1. The van der Waals surface area contributed by atoms with Crippen molar-refractivity contribution in [2.24, 2.45) is 0 Å². The lowest BCUT2D eigenvalue weighted by molar-refractivity contribution is 0.0947. The van der Waals surface area contributed by atoms with Crippen molar-refractivity contribution in [3.63, 3.8) is 0 Å². The van der Waals surface area contributed by atoms with E-state index in [1.807, 2.05) is 79.0 Å². The Morgan fingerprint density at radius 3 is 2.52 bits per heavy atom. The van der Waals surface area contributed by atoms with E-state index in [4.69, 9.17) is 0 Å². The number of hydrogen-bond donors (Lipinski definition) is 1. The molecule has 0 spiro atoms. The number of aryl methyl sites for hydroxylation is 1. The Morgan fingerprint density at radius 2 is 1.81 bits per heavy atom. The molecule has 27 heavy (non-hydrogen) atoms. The Labute approximate surface area is 161 Å². The van der Waals surface area contributed by atoms with Gasteiger partial charge in [-0.1, -0.05) is 54.1 Å². The SMILES string of the molecule is Cc1ccc(C(=O)n2nc(-c3ccccc3)nc2NCc2cccs2)cc1. The van der Waals surface area contributed by atoms with Gasteiger partial charge >= 0.3 is 0 Å². The van der Waals surface area contributed by atoms with E-state index in [0.29, 0.717) is 23.9 Å². The summed E-state index contributed by atoms with van der Waals surface area (Å²) in [7, 11) is 0. The van der Waals surface area contributed by atoms with Crippen LogP contribution in [0.3, 0.4) is 0 Å². The van der Waals surface area contributed by atoms with Crippen LogP contribution in [0.4, 0.5) is 5.95 Å². The van der Waals surface area contributed by atoms with Gasteiger partial charge in [0.2, 0.25) is 5.95 Å². The Bertz CT molecular complexity index is 1040. The molecule has 0 fully saturated rings. The number of aromatic nitrogens is 3. The van der Waals surface area contributed by atoms with Gasteiger partial charge in [0, 0.05) is 16.0 Å². The molecule has 0 atom stereocenters. The molecule has 0 bridgehead atoms. The summed E-state index contributed by atoms with van der Waals surface area (Å²) >= 11 is 1.65. The topological polar surface area (TPSA) is 59.8 Å². The Kier molecular flexibility index (Phi) is 4.80. The Morgan fingerprint density at radius 1 is 1.04 bits per heavy atom. The normalized spacial score (nSPS) is 10.7. The van der Waals surface area contributed by atoms with Gasteiger partial charge in [-0.15, -0.1) is 16.4 Å². The number of rotatable bonds is 5. The zero-order chi connectivity index (χ0) is 18.6. The molecular weight excluding hydrogens is 356 g/mol. The number of benzene rings is 2. The van der Waals surface area contributed by atoms with E-state index in [-0.39, 0.29) is 5.91 Å². The second-order valence-corrected chi connectivity index (χ2v) is 7.17. The van der Waals surface area contributed by atoms with Gasteiger partial charge in [0.15, 0.2) is 5.82 Å². The average Bonchev–Trinajstić information content (AvgIpc) is 3.37. The van der Waals surface area contributed by atoms with Crippen LogP contribution in [-0.2, 0) is 6.54 Å². The minimum atomic E-state index is -0.210. The Balaban J connectivity index is 1.69. The van der Waals surface area contributed by atoms with Crippen molar-refractivity contribution in [2.45, 2.75) is 13.5 Å². The lowest BCUT2D eigenvalue weighted by Gasteiger charge is -2.06. The highest BCUT2D eigenvalue weighted by molar-refractivity contribution is 7.09. The molecule has 2 aromatic carbocycles. The molecule has 4 rings (SSSR count). The van der Waals surface area contributed by atoms with Gasteiger partial charge in [0.1, 0.15) is 0 Å². The van der Waals surface area contributed by atoms with Crippen molar-refractivity contribution < 1.29 is 4.79 Å². The summed E-state index contributed by atoms with van der Waals surface area (Å²) in [6.45, 7) is 2.58. The zero-order valence-electron chi connectivity index (χ0n) is 14.8.